The van der Waals surface area contributed by atoms with E-state index in [9.17, 15) is 18.0 Å². The van der Waals surface area contributed by atoms with Crippen molar-refractivity contribution in [3.8, 4) is 11.3 Å². The third kappa shape index (κ3) is 4.61. The van der Waals surface area contributed by atoms with E-state index in [1.54, 1.807) is 18.2 Å². The zero-order chi connectivity index (χ0) is 19.9. The van der Waals surface area contributed by atoms with E-state index in [1.165, 1.54) is 12.1 Å². The molecule has 0 spiro atoms. The van der Waals surface area contributed by atoms with E-state index in [4.69, 9.17) is 4.42 Å². The number of rotatable bonds is 6. The maximum atomic E-state index is 13.3. The molecular weight excluding hydrogens is 405 g/mol. The summed E-state index contributed by atoms with van der Waals surface area (Å²) < 4.78 is 45.6. The Bertz CT molecular complexity index is 860. The van der Waals surface area contributed by atoms with Crippen LogP contribution >= 0.6 is 12.4 Å². The van der Waals surface area contributed by atoms with Gasteiger partial charge in [-0.25, -0.2) is 0 Å². The minimum atomic E-state index is -4.45. The van der Waals surface area contributed by atoms with Crippen LogP contribution in [0.4, 0.5) is 13.2 Å². The number of benzene rings is 1. The molecule has 4 nitrogen and oxygen atoms in total. The Morgan fingerprint density at radius 3 is 2.48 bits per heavy atom. The molecule has 1 saturated heterocycles. The summed E-state index contributed by atoms with van der Waals surface area (Å²) in [5, 5.41) is 3.19. The van der Waals surface area contributed by atoms with Crippen molar-refractivity contribution in [1.82, 2.24) is 10.2 Å². The second-order valence-corrected chi connectivity index (χ2v) is 7.71. The number of hydrogen-bond donors (Lipinski definition) is 1. The molecule has 2 aromatic rings. The molecule has 0 radical (unpaired) electrons. The molecule has 1 aliphatic heterocycles. The smallest absolute Gasteiger partial charge is 0.417 e. The summed E-state index contributed by atoms with van der Waals surface area (Å²) in [5.74, 6) is 1.05. The number of nitrogens with one attached hydrogen (secondary N) is 1. The van der Waals surface area contributed by atoms with Gasteiger partial charge in [-0.3, -0.25) is 4.79 Å². The summed E-state index contributed by atoms with van der Waals surface area (Å²) >= 11 is 0. The molecule has 2 heterocycles. The van der Waals surface area contributed by atoms with E-state index in [1.807, 2.05) is 11.8 Å². The van der Waals surface area contributed by atoms with E-state index in [0.29, 0.717) is 18.2 Å². The van der Waals surface area contributed by atoms with Crippen LogP contribution in [0.15, 0.2) is 40.8 Å². The van der Waals surface area contributed by atoms with E-state index in [0.717, 1.165) is 32.0 Å². The summed E-state index contributed by atoms with van der Waals surface area (Å²) in [6.07, 6.45) is -2.52. The van der Waals surface area contributed by atoms with Gasteiger partial charge in [0.05, 0.1) is 12.1 Å². The molecule has 158 valence electrons. The quantitative estimate of drug-likeness (QED) is 0.723. The van der Waals surface area contributed by atoms with E-state index >= 15 is 0 Å². The molecule has 1 unspecified atom stereocenters. The highest BCUT2D eigenvalue weighted by Crippen LogP contribution is 2.38. The molecule has 0 bridgehead atoms. The molecule has 1 amide bonds. The van der Waals surface area contributed by atoms with Gasteiger partial charge in [0.2, 0.25) is 5.91 Å². The van der Waals surface area contributed by atoms with E-state index in [-0.39, 0.29) is 41.6 Å². The van der Waals surface area contributed by atoms with Gasteiger partial charge >= 0.3 is 6.18 Å². The summed E-state index contributed by atoms with van der Waals surface area (Å²) in [6, 6.07) is 8.79. The summed E-state index contributed by atoms with van der Waals surface area (Å²) in [5.41, 5.74) is -0.711. The van der Waals surface area contributed by atoms with Crippen molar-refractivity contribution in [2.24, 2.45) is 11.8 Å². The maximum absolute atomic E-state index is 13.3. The SMILES string of the molecule is CC(C(=O)N(Cc1ccc(-c2ccccc2C(F)(F)F)o1)C1CC1)C1CNC1.Cl. The number of nitrogens with zero attached hydrogens (tertiary/aromatic N) is 1. The zero-order valence-corrected chi connectivity index (χ0v) is 16.9. The van der Waals surface area contributed by atoms with Crippen LogP contribution in [0, 0.1) is 11.8 Å². The topological polar surface area (TPSA) is 45.5 Å². The second kappa shape index (κ2) is 8.40. The number of carbonyl (C=O) groups excluding carboxylic acids is 1. The van der Waals surface area contributed by atoms with Gasteiger partial charge in [-0.15, -0.1) is 12.4 Å². The minimum absolute atomic E-state index is 0. The van der Waals surface area contributed by atoms with Crippen LogP contribution < -0.4 is 5.32 Å². The first kappa shape index (κ1) is 21.7. The van der Waals surface area contributed by atoms with Gasteiger partial charge in [-0.1, -0.05) is 25.1 Å². The Morgan fingerprint density at radius 2 is 1.90 bits per heavy atom. The lowest BCUT2D eigenvalue weighted by Gasteiger charge is -2.35. The maximum Gasteiger partial charge on any atom is 0.417 e. The van der Waals surface area contributed by atoms with Gasteiger partial charge < -0.3 is 14.6 Å². The number of furan rings is 1. The first-order valence-electron chi connectivity index (χ1n) is 9.61. The second-order valence-electron chi connectivity index (χ2n) is 7.71. The summed E-state index contributed by atoms with van der Waals surface area (Å²) in [7, 11) is 0. The van der Waals surface area contributed by atoms with E-state index < -0.39 is 11.7 Å². The first-order valence-corrected chi connectivity index (χ1v) is 9.61. The lowest BCUT2D eigenvalue weighted by atomic mass is 9.88. The standard InChI is InChI=1S/C21H23F3N2O2.ClH/c1-13(14-10-25-11-14)20(27)26(15-6-7-15)12-16-8-9-19(28-16)17-4-2-3-5-18(17)21(22,23)24;/h2-5,8-9,13-15,25H,6-7,10-12H2,1H3;1H. The lowest BCUT2D eigenvalue weighted by Crippen LogP contribution is -2.50. The molecule has 1 aromatic heterocycles. The summed E-state index contributed by atoms with van der Waals surface area (Å²) in [6.45, 7) is 3.95. The molecule has 1 N–H and O–H groups in total. The van der Waals surface area contributed by atoms with Gasteiger partial charge in [0.15, 0.2) is 0 Å². The Balaban J connectivity index is 0.00000240. The van der Waals surface area contributed by atoms with Crippen molar-refractivity contribution in [2.75, 3.05) is 13.1 Å². The fraction of sp³-hybridized carbons (Fsp3) is 0.476. The molecule has 29 heavy (non-hydrogen) atoms. The summed E-state index contributed by atoms with van der Waals surface area (Å²) in [4.78, 5) is 14.8. The highest BCUT2D eigenvalue weighted by Gasteiger charge is 2.39. The van der Waals surface area contributed by atoms with Crippen LogP contribution in [0.2, 0.25) is 0 Å². The zero-order valence-electron chi connectivity index (χ0n) is 16.0. The highest BCUT2D eigenvalue weighted by molar-refractivity contribution is 5.85. The molecule has 2 fully saturated rings. The van der Waals surface area contributed by atoms with Crippen LogP contribution in [0.25, 0.3) is 11.3 Å². The van der Waals surface area contributed by atoms with Crippen molar-refractivity contribution in [3.63, 3.8) is 0 Å². The molecule has 2 aliphatic rings. The largest absolute Gasteiger partial charge is 0.459 e. The normalized spacial score (nSPS) is 17.9. The number of hydrogen-bond acceptors (Lipinski definition) is 3. The Labute approximate surface area is 173 Å². The Hall–Kier alpha value is -1.99. The van der Waals surface area contributed by atoms with Crippen LogP contribution in [0.1, 0.15) is 31.1 Å². The fourth-order valence-corrected chi connectivity index (χ4v) is 3.62. The van der Waals surface area contributed by atoms with Gasteiger partial charge in [0, 0.05) is 17.5 Å². The third-order valence-corrected chi connectivity index (χ3v) is 5.67. The minimum Gasteiger partial charge on any atom is -0.459 e. The van der Waals surface area contributed by atoms with Gasteiger partial charge in [-0.05, 0) is 50.0 Å². The third-order valence-electron chi connectivity index (χ3n) is 5.67. The highest BCUT2D eigenvalue weighted by atomic mass is 35.5. The monoisotopic (exact) mass is 428 g/mol. The van der Waals surface area contributed by atoms with Crippen LogP contribution in [-0.4, -0.2) is 29.9 Å². The molecule has 4 rings (SSSR count). The number of carbonyl (C=O) groups is 1. The average Bonchev–Trinajstić information content (AvgIpc) is 3.35. The van der Waals surface area contributed by atoms with Crippen molar-refractivity contribution >= 4 is 18.3 Å². The van der Waals surface area contributed by atoms with Crippen molar-refractivity contribution in [1.29, 1.82) is 0 Å². The average molecular weight is 429 g/mol. The van der Waals surface area contributed by atoms with Crippen LogP contribution in [0.5, 0.6) is 0 Å². The number of amides is 1. The van der Waals surface area contributed by atoms with Crippen molar-refractivity contribution < 1.29 is 22.4 Å². The number of alkyl halides is 3. The van der Waals surface area contributed by atoms with Gasteiger partial charge in [0.1, 0.15) is 11.5 Å². The fourth-order valence-electron chi connectivity index (χ4n) is 3.62. The lowest BCUT2D eigenvalue weighted by molar-refractivity contribution is -0.139. The molecule has 1 saturated carbocycles. The predicted octanol–water partition coefficient (Wildman–Crippen LogP) is 4.73. The molecule has 1 atom stereocenters. The Kier molecular flexibility index (Phi) is 6.29. The van der Waals surface area contributed by atoms with Gasteiger partial charge in [0.25, 0.3) is 0 Å². The van der Waals surface area contributed by atoms with Crippen molar-refractivity contribution in [2.45, 2.75) is 38.5 Å². The predicted molar refractivity (Wildman–Crippen MR) is 105 cm³/mol. The molecule has 1 aromatic carbocycles. The molecule has 8 heteroatoms. The Morgan fingerprint density at radius 1 is 1.21 bits per heavy atom. The first-order chi connectivity index (χ1) is 13.3. The van der Waals surface area contributed by atoms with Crippen LogP contribution in [-0.2, 0) is 17.5 Å². The van der Waals surface area contributed by atoms with E-state index in [2.05, 4.69) is 5.32 Å². The molecule has 1 aliphatic carbocycles. The van der Waals surface area contributed by atoms with Crippen molar-refractivity contribution in [3.05, 3.63) is 47.7 Å². The van der Waals surface area contributed by atoms with Crippen LogP contribution in [0.3, 0.4) is 0 Å². The molecular formula is C21H24ClF3N2O2. The van der Waals surface area contributed by atoms with Gasteiger partial charge in [-0.2, -0.15) is 13.2 Å². The number of halogens is 4.